The van der Waals surface area contributed by atoms with Crippen molar-refractivity contribution in [1.29, 1.82) is 0 Å². The molecule has 0 heterocycles. The molecule has 4 heteroatoms. The highest BCUT2D eigenvalue weighted by molar-refractivity contribution is 8.77. The molecule has 0 atom stereocenters. The predicted molar refractivity (Wildman–Crippen MR) is 90.6 cm³/mol. The lowest BCUT2D eigenvalue weighted by Crippen LogP contribution is -1.64. The minimum atomic E-state index is 1.03. The van der Waals surface area contributed by atoms with Gasteiger partial charge in [0.25, 0.3) is 0 Å². The Kier molecular flexibility index (Phi) is 24.3. The van der Waals surface area contributed by atoms with Gasteiger partial charge in [-0.2, -0.15) is 0 Å². The van der Waals surface area contributed by atoms with Crippen LogP contribution in [0.15, 0.2) is 50.6 Å². The SMILES string of the molecule is C=CCSSCC=C.C=CCSSCC=C. The number of hydrogen-bond acceptors (Lipinski definition) is 4. The van der Waals surface area contributed by atoms with Gasteiger partial charge in [0, 0.05) is 23.0 Å². The van der Waals surface area contributed by atoms with Crippen molar-refractivity contribution in [2.24, 2.45) is 0 Å². The second kappa shape index (κ2) is 20.7. The molecule has 0 amide bonds. The van der Waals surface area contributed by atoms with E-state index in [4.69, 9.17) is 0 Å². The smallest absolute Gasteiger partial charge is 0.0215 e. The summed E-state index contributed by atoms with van der Waals surface area (Å²) in [4.78, 5) is 0. The fraction of sp³-hybridized carbons (Fsp3) is 0.333. The minimum Gasteiger partial charge on any atom is -0.102 e. The highest BCUT2D eigenvalue weighted by Crippen LogP contribution is 2.20. The van der Waals surface area contributed by atoms with Crippen molar-refractivity contribution in [1.82, 2.24) is 0 Å². The first kappa shape index (κ1) is 18.7. The first-order valence-electron chi connectivity index (χ1n) is 4.75. The standard InChI is InChI=1S/2C6H10S2/c2*1-3-5-7-8-6-4-2/h2*3-4H,1-2,5-6H2. The topological polar surface area (TPSA) is 0 Å². The van der Waals surface area contributed by atoms with Crippen LogP contribution in [-0.2, 0) is 0 Å². The molecule has 0 aliphatic carbocycles. The zero-order valence-electron chi connectivity index (χ0n) is 9.60. The fourth-order valence-electron chi connectivity index (χ4n) is 0.385. The highest BCUT2D eigenvalue weighted by Gasteiger charge is 1.80. The van der Waals surface area contributed by atoms with Crippen LogP contribution >= 0.6 is 43.2 Å². The van der Waals surface area contributed by atoms with E-state index in [1.165, 1.54) is 0 Å². The van der Waals surface area contributed by atoms with Crippen LogP contribution in [0.5, 0.6) is 0 Å². The maximum absolute atomic E-state index is 3.60. The van der Waals surface area contributed by atoms with Gasteiger partial charge in [0.15, 0.2) is 0 Å². The van der Waals surface area contributed by atoms with Gasteiger partial charge < -0.3 is 0 Å². The van der Waals surface area contributed by atoms with E-state index in [1.54, 1.807) is 43.2 Å². The molecule has 0 N–H and O–H groups in total. The molecule has 0 aromatic carbocycles. The third-order valence-corrected chi connectivity index (χ3v) is 5.36. The summed E-state index contributed by atoms with van der Waals surface area (Å²) < 4.78 is 0. The predicted octanol–water partition coefficient (Wildman–Crippen LogP) is 5.48. The molecule has 92 valence electrons. The summed E-state index contributed by atoms with van der Waals surface area (Å²) >= 11 is 0. The van der Waals surface area contributed by atoms with Crippen molar-refractivity contribution in [3.8, 4) is 0 Å². The van der Waals surface area contributed by atoms with E-state index < -0.39 is 0 Å². The summed E-state index contributed by atoms with van der Waals surface area (Å²) in [5.74, 6) is 4.11. The molecule has 0 aromatic rings. The molecular formula is C12H20S4. The van der Waals surface area contributed by atoms with E-state index in [0.29, 0.717) is 0 Å². The van der Waals surface area contributed by atoms with E-state index in [0.717, 1.165) is 23.0 Å². The molecule has 0 rings (SSSR count). The van der Waals surface area contributed by atoms with Crippen molar-refractivity contribution in [2.75, 3.05) is 23.0 Å². The molecule has 16 heavy (non-hydrogen) atoms. The molecule has 0 aromatic heterocycles. The average molecular weight is 293 g/mol. The lowest BCUT2D eigenvalue weighted by atomic mass is 10.8. The largest absolute Gasteiger partial charge is 0.102 e. The van der Waals surface area contributed by atoms with Gasteiger partial charge >= 0.3 is 0 Å². The van der Waals surface area contributed by atoms with Gasteiger partial charge in [0.05, 0.1) is 0 Å². The van der Waals surface area contributed by atoms with Crippen LogP contribution in [0.4, 0.5) is 0 Å². The number of hydrogen-bond donors (Lipinski definition) is 0. The second-order valence-corrected chi connectivity index (χ2v) is 7.40. The first-order valence-corrected chi connectivity index (χ1v) is 9.73. The molecule has 0 saturated heterocycles. The van der Waals surface area contributed by atoms with Gasteiger partial charge in [0.1, 0.15) is 0 Å². The third-order valence-electron chi connectivity index (χ3n) is 0.910. The van der Waals surface area contributed by atoms with Gasteiger partial charge in [-0.25, -0.2) is 0 Å². The summed E-state index contributed by atoms with van der Waals surface area (Å²) in [6.45, 7) is 14.4. The van der Waals surface area contributed by atoms with Crippen molar-refractivity contribution in [2.45, 2.75) is 0 Å². The Hall–Kier alpha value is 0.360. The average Bonchev–Trinajstić information content (AvgIpc) is 2.31. The van der Waals surface area contributed by atoms with Crippen molar-refractivity contribution in [3.05, 3.63) is 50.6 Å². The quantitative estimate of drug-likeness (QED) is 0.297. The van der Waals surface area contributed by atoms with E-state index in [2.05, 4.69) is 26.3 Å². The summed E-state index contributed by atoms with van der Waals surface area (Å²) in [6.07, 6.45) is 7.61. The monoisotopic (exact) mass is 292 g/mol. The van der Waals surface area contributed by atoms with Crippen LogP contribution in [0.25, 0.3) is 0 Å². The van der Waals surface area contributed by atoms with Crippen molar-refractivity contribution < 1.29 is 0 Å². The van der Waals surface area contributed by atoms with Crippen molar-refractivity contribution >= 4 is 43.2 Å². The molecule has 0 nitrogen and oxygen atoms in total. The molecule has 0 radical (unpaired) electrons. The van der Waals surface area contributed by atoms with Gasteiger partial charge in [0.2, 0.25) is 0 Å². The molecule has 0 saturated carbocycles. The van der Waals surface area contributed by atoms with Crippen LogP contribution in [0.3, 0.4) is 0 Å². The Balaban J connectivity index is 0. The van der Waals surface area contributed by atoms with Gasteiger partial charge in [-0.1, -0.05) is 67.5 Å². The lowest BCUT2D eigenvalue weighted by Gasteiger charge is -1.89. The van der Waals surface area contributed by atoms with Gasteiger partial charge in [-0.3, -0.25) is 0 Å². The molecule has 0 aliphatic heterocycles. The Labute approximate surface area is 116 Å². The van der Waals surface area contributed by atoms with Crippen LogP contribution in [0.2, 0.25) is 0 Å². The molecule has 0 bridgehead atoms. The van der Waals surface area contributed by atoms with Gasteiger partial charge in [-0.15, -0.1) is 26.3 Å². The molecule has 0 aliphatic rings. The summed E-state index contributed by atoms with van der Waals surface area (Å²) in [7, 11) is 7.22. The van der Waals surface area contributed by atoms with E-state index in [1.807, 2.05) is 24.3 Å². The lowest BCUT2D eigenvalue weighted by molar-refractivity contribution is 1.83. The summed E-state index contributed by atoms with van der Waals surface area (Å²) in [6, 6.07) is 0. The molecule has 0 fully saturated rings. The molecule has 0 spiro atoms. The summed E-state index contributed by atoms with van der Waals surface area (Å²) in [5.41, 5.74) is 0. The van der Waals surface area contributed by atoms with Crippen LogP contribution < -0.4 is 0 Å². The first-order chi connectivity index (χ1) is 7.83. The molecular weight excluding hydrogens is 272 g/mol. The van der Waals surface area contributed by atoms with Crippen LogP contribution in [-0.4, -0.2) is 23.0 Å². The third kappa shape index (κ3) is 23.9. The fourth-order valence-corrected chi connectivity index (χ4v) is 3.46. The summed E-state index contributed by atoms with van der Waals surface area (Å²) in [5, 5.41) is 0. The number of rotatable bonds is 10. The van der Waals surface area contributed by atoms with E-state index >= 15 is 0 Å². The maximum atomic E-state index is 3.60. The zero-order valence-corrected chi connectivity index (χ0v) is 12.9. The van der Waals surface area contributed by atoms with Crippen LogP contribution in [0, 0.1) is 0 Å². The van der Waals surface area contributed by atoms with Crippen molar-refractivity contribution in [3.63, 3.8) is 0 Å². The minimum absolute atomic E-state index is 1.03. The normalized spacial score (nSPS) is 8.50. The Bertz CT molecular complexity index is 138. The maximum Gasteiger partial charge on any atom is 0.0215 e. The Morgan fingerprint density at radius 1 is 0.500 bits per heavy atom. The van der Waals surface area contributed by atoms with E-state index in [-0.39, 0.29) is 0 Å². The molecule has 0 unspecified atom stereocenters. The zero-order chi connectivity index (χ0) is 12.5. The van der Waals surface area contributed by atoms with Crippen LogP contribution in [0.1, 0.15) is 0 Å². The van der Waals surface area contributed by atoms with E-state index in [9.17, 15) is 0 Å². The highest BCUT2D eigenvalue weighted by atomic mass is 33.1. The Morgan fingerprint density at radius 2 is 0.688 bits per heavy atom. The Morgan fingerprint density at radius 3 is 0.812 bits per heavy atom. The second-order valence-electron chi connectivity index (χ2n) is 2.29. The van der Waals surface area contributed by atoms with Gasteiger partial charge in [-0.05, 0) is 0 Å².